The maximum absolute atomic E-state index is 13.1. The van der Waals surface area contributed by atoms with E-state index in [4.69, 9.17) is 0 Å². The van der Waals surface area contributed by atoms with Crippen LogP contribution in [0.3, 0.4) is 0 Å². The van der Waals surface area contributed by atoms with Crippen molar-refractivity contribution in [2.45, 2.75) is 33.2 Å². The lowest BCUT2D eigenvalue weighted by molar-refractivity contribution is 0.0828. The number of carbonyl (C=O) groups is 1. The second-order valence-corrected chi connectivity index (χ2v) is 6.49. The van der Waals surface area contributed by atoms with Crippen LogP contribution in [-0.2, 0) is 6.54 Å². The first-order chi connectivity index (χ1) is 11.2. The molecule has 1 N–H and O–H groups in total. The number of ketones is 1. The molecule has 1 aromatic heterocycles. The van der Waals surface area contributed by atoms with Crippen molar-refractivity contribution in [2.75, 3.05) is 13.1 Å². The molecule has 0 saturated carbocycles. The standard InChI is InChI=1S/C19H25N3O/c1-14-15(2)22(13-21-14)12-18(16-8-10-20-11-9-16)19(23)17-6-4-3-5-7-17/h3-7,13,16,18,20H,8-12H2,1-2H3. The number of hydrogen-bond donors (Lipinski definition) is 1. The maximum atomic E-state index is 13.1. The van der Waals surface area contributed by atoms with Crippen molar-refractivity contribution in [1.29, 1.82) is 0 Å². The Bertz CT molecular complexity index is 657. The van der Waals surface area contributed by atoms with E-state index in [0.717, 1.165) is 49.4 Å². The average Bonchev–Trinajstić information content (AvgIpc) is 2.92. The van der Waals surface area contributed by atoms with Crippen LogP contribution in [0.15, 0.2) is 36.7 Å². The van der Waals surface area contributed by atoms with Gasteiger partial charge in [0.1, 0.15) is 0 Å². The molecule has 0 bridgehead atoms. The van der Waals surface area contributed by atoms with Crippen LogP contribution in [0.25, 0.3) is 0 Å². The lowest BCUT2D eigenvalue weighted by Gasteiger charge is -2.30. The molecule has 4 nitrogen and oxygen atoms in total. The molecule has 23 heavy (non-hydrogen) atoms. The molecule has 2 aromatic rings. The van der Waals surface area contributed by atoms with Crippen LogP contribution < -0.4 is 5.32 Å². The quantitative estimate of drug-likeness (QED) is 0.864. The van der Waals surface area contributed by atoms with E-state index in [1.807, 2.05) is 43.6 Å². The zero-order valence-corrected chi connectivity index (χ0v) is 14.0. The second kappa shape index (κ2) is 7.09. The number of carbonyl (C=O) groups excluding carboxylic acids is 1. The van der Waals surface area contributed by atoms with Gasteiger partial charge in [-0.2, -0.15) is 0 Å². The van der Waals surface area contributed by atoms with E-state index in [1.165, 1.54) is 0 Å². The number of piperidine rings is 1. The minimum Gasteiger partial charge on any atom is -0.334 e. The summed E-state index contributed by atoms with van der Waals surface area (Å²) in [5.41, 5.74) is 3.02. The molecule has 1 aliphatic rings. The van der Waals surface area contributed by atoms with Gasteiger partial charge in [-0.3, -0.25) is 4.79 Å². The largest absolute Gasteiger partial charge is 0.334 e. The van der Waals surface area contributed by atoms with Crippen LogP contribution in [0.2, 0.25) is 0 Å². The van der Waals surface area contributed by atoms with E-state index < -0.39 is 0 Å². The molecule has 1 aliphatic heterocycles. The van der Waals surface area contributed by atoms with Gasteiger partial charge < -0.3 is 9.88 Å². The molecule has 0 aliphatic carbocycles. The molecule has 0 radical (unpaired) electrons. The van der Waals surface area contributed by atoms with Crippen LogP contribution in [0.5, 0.6) is 0 Å². The van der Waals surface area contributed by atoms with Gasteiger partial charge in [-0.05, 0) is 45.7 Å². The highest BCUT2D eigenvalue weighted by atomic mass is 16.1. The molecular formula is C19H25N3O. The van der Waals surface area contributed by atoms with Gasteiger partial charge in [0.25, 0.3) is 0 Å². The first-order valence-corrected chi connectivity index (χ1v) is 8.45. The Morgan fingerprint density at radius 1 is 1.26 bits per heavy atom. The van der Waals surface area contributed by atoms with Gasteiger partial charge in [-0.25, -0.2) is 4.98 Å². The highest BCUT2D eigenvalue weighted by Crippen LogP contribution is 2.27. The Morgan fingerprint density at radius 2 is 1.96 bits per heavy atom. The normalized spacial score (nSPS) is 17.1. The number of hydrogen-bond acceptors (Lipinski definition) is 3. The molecular weight excluding hydrogens is 286 g/mol. The molecule has 0 spiro atoms. The SMILES string of the molecule is Cc1ncn(CC(C(=O)c2ccccc2)C2CCNCC2)c1C. The van der Waals surface area contributed by atoms with Crippen molar-refractivity contribution in [3.63, 3.8) is 0 Å². The Morgan fingerprint density at radius 3 is 2.57 bits per heavy atom. The third kappa shape index (κ3) is 3.53. The van der Waals surface area contributed by atoms with Gasteiger partial charge in [0.15, 0.2) is 5.78 Å². The van der Waals surface area contributed by atoms with Gasteiger partial charge in [0.2, 0.25) is 0 Å². The minimum absolute atomic E-state index is 0.0202. The van der Waals surface area contributed by atoms with E-state index >= 15 is 0 Å². The van der Waals surface area contributed by atoms with Crippen molar-refractivity contribution < 1.29 is 4.79 Å². The Labute approximate surface area is 137 Å². The summed E-state index contributed by atoms with van der Waals surface area (Å²) in [6.07, 6.45) is 4.00. The van der Waals surface area contributed by atoms with E-state index in [2.05, 4.69) is 21.8 Å². The number of Topliss-reactive ketones (excluding diaryl/α,β-unsaturated/α-hetero) is 1. The number of imidazole rings is 1. The van der Waals surface area contributed by atoms with E-state index in [1.54, 1.807) is 0 Å². The summed E-state index contributed by atoms with van der Waals surface area (Å²) in [5.74, 6) is 0.723. The molecule has 1 atom stereocenters. The topological polar surface area (TPSA) is 46.9 Å². The number of nitrogens with one attached hydrogen (secondary N) is 1. The van der Waals surface area contributed by atoms with E-state index in [-0.39, 0.29) is 11.7 Å². The number of nitrogens with zero attached hydrogens (tertiary/aromatic N) is 2. The fourth-order valence-electron chi connectivity index (χ4n) is 3.45. The first-order valence-electron chi connectivity index (χ1n) is 8.45. The predicted molar refractivity (Wildman–Crippen MR) is 91.6 cm³/mol. The minimum atomic E-state index is 0.0202. The number of aromatic nitrogens is 2. The molecule has 1 unspecified atom stereocenters. The van der Waals surface area contributed by atoms with Crippen LogP contribution in [0.4, 0.5) is 0 Å². The van der Waals surface area contributed by atoms with E-state index in [9.17, 15) is 4.79 Å². The summed E-state index contributed by atoms with van der Waals surface area (Å²) in [4.78, 5) is 17.5. The van der Waals surface area contributed by atoms with Crippen LogP contribution in [0, 0.1) is 25.7 Å². The molecule has 1 saturated heterocycles. The van der Waals surface area contributed by atoms with Crippen molar-refractivity contribution in [2.24, 2.45) is 11.8 Å². The van der Waals surface area contributed by atoms with Crippen LogP contribution in [-0.4, -0.2) is 28.4 Å². The lowest BCUT2D eigenvalue weighted by Crippen LogP contribution is -2.36. The average molecular weight is 311 g/mol. The summed E-state index contributed by atoms with van der Waals surface area (Å²) in [6, 6.07) is 9.71. The fraction of sp³-hybridized carbons (Fsp3) is 0.474. The van der Waals surface area contributed by atoms with E-state index in [0.29, 0.717) is 5.92 Å². The third-order valence-corrected chi connectivity index (χ3v) is 5.09. The number of benzene rings is 1. The summed E-state index contributed by atoms with van der Waals surface area (Å²) in [5, 5.41) is 3.40. The van der Waals surface area contributed by atoms with Gasteiger partial charge in [0.05, 0.1) is 12.0 Å². The van der Waals surface area contributed by atoms with Gasteiger partial charge in [-0.1, -0.05) is 30.3 Å². The monoisotopic (exact) mass is 311 g/mol. The van der Waals surface area contributed by atoms with Crippen molar-refractivity contribution >= 4 is 5.78 Å². The first kappa shape index (κ1) is 15.9. The van der Waals surface area contributed by atoms with Crippen LogP contribution >= 0.6 is 0 Å². The van der Waals surface area contributed by atoms with Crippen molar-refractivity contribution in [3.8, 4) is 0 Å². The highest BCUT2D eigenvalue weighted by molar-refractivity contribution is 5.98. The zero-order valence-electron chi connectivity index (χ0n) is 14.0. The number of aryl methyl sites for hydroxylation is 1. The maximum Gasteiger partial charge on any atom is 0.168 e. The summed E-state index contributed by atoms with van der Waals surface area (Å²) < 4.78 is 2.14. The van der Waals surface area contributed by atoms with Crippen molar-refractivity contribution in [3.05, 3.63) is 53.6 Å². The predicted octanol–water partition coefficient (Wildman–Crippen LogP) is 3.00. The van der Waals surface area contributed by atoms with Crippen LogP contribution in [0.1, 0.15) is 34.6 Å². The van der Waals surface area contributed by atoms with Gasteiger partial charge in [-0.15, -0.1) is 0 Å². The second-order valence-electron chi connectivity index (χ2n) is 6.49. The summed E-state index contributed by atoms with van der Waals surface area (Å²) >= 11 is 0. The zero-order chi connectivity index (χ0) is 16.2. The highest BCUT2D eigenvalue weighted by Gasteiger charge is 2.30. The Hall–Kier alpha value is -1.94. The summed E-state index contributed by atoms with van der Waals surface area (Å²) in [7, 11) is 0. The number of rotatable bonds is 5. The molecule has 4 heteroatoms. The Kier molecular flexibility index (Phi) is 4.91. The lowest BCUT2D eigenvalue weighted by atomic mass is 9.80. The molecule has 1 fully saturated rings. The molecule has 3 rings (SSSR count). The van der Waals surface area contributed by atoms with Crippen molar-refractivity contribution in [1.82, 2.24) is 14.9 Å². The molecule has 1 aromatic carbocycles. The molecule has 0 amide bonds. The fourth-order valence-corrected chi connectivity index (χ4v) is 3.45. The van der Waals surface area contributed by atoms with Gasteiger partial charge >= 0.3 is 0 Å². The Balaban J connectivity index is 1.87. The summed E-state index contributed by atoms with van der Waals surface area (Å²) in [6.45, 7) is 6.83. The third-order valence-electron chi connectivity index (χ3n) is 5.09. The molecule has 2 heterocycles. The molecule has 122 valence electrons. The van der Waals surface area contributed by atoms with Gasteiger partial charge in [0, 0.05) is 23.7 Å². The smallest absolute Gasteiger partial charge is 0.168 e.